The summed E-state index contributed by atoms with van der Waals surface area (Å²) in [7, 11) is 0. The van der Waals surface area contributed by atoms with E-state index in [0.717, 1.165) is 35.5 Å². The van der Waals surface area contributed by atoms with E-state index < -0.39 is 0 Å². The van der Waals surface area contributed by atoms with Gasteiger partial charge in [-0.2, -0.15) is 12.6 Å². The van der Waals surface area contributed by atoms with Crippen LogP contribution in [0.1, 0.15) is 84.5 Å². The molecule has 7 atom stereocenters. The number of thiol groups is 1. The molecule has 134 valence electrons. The molecule has 0 aliphatic heterocycles. The van der Waals surface area contributed by atoms with Gasteiger partial charge in [0.15, 0.2) is 0 Å². The first-order valence-corrected chi connectivity index (χ1v) is 11.4. The largest absolute Gasteiger partial charge is 0.172 e. The van der Waals surface area contributed by atoms with Gasteiger partial charge in [0.1, 0.15) is 0 Å². The number of hydrogen-bond donors (Lipinski definition) is 1. The Hall–Kier alpha value is 0.0900. The van der Waals surface area contributed by atoms with Gasteiger partial charge < -0.3 is 0 Å². The van der Waals surface area contributed by atoms with Crippen molar-refractivity contribution in [3.63, 3.8) is 0 Å². The monoisotopic (exact) mass is 344 g/mol. The van der Waals surface area contributed by atoms with Crippen molar-refractivity contribution in [3.8, 4) is 0 Å². The van der Waals surface area contributed by atoms with E-state index in [1.165, 1.54) is 70.6 Å². The summed E-state index contributed by atoms with van der Waals surface area (Å²) in [6.45, 7) is 4.91. The normalized spacial score (nSPS) is 55.8. The summed E-state index contributed by atoms with van der Waals surface area (Å²) < 4.78 is 0.433. The highest BCUT2D eigenvalue weighted by Gasteiger charge is 2.57. The Balaban J connectivity index is 1.36. The topological polar surface area (TPSA) is 0 Å². The first kappa shape index (κ1) is 16.3. The summed E-state index contributed by atoms with van der Waals surface area (Å²) in [6, 6.07) is 0. The molecule has 0 aromatic rings. The molecule has 5 saturated carbocycles. The summed E-state index contributed by atoms with van der Waals surface area (Å²) in [6.07, 6.45) is 18.8. The molecule has 5 aliphatic carbocycles. The van der Waals surface area contributed by atoms with Gasteiger partial charge in [-0.15, -0.1) is 0 Å². The van der Waals surface area contributed by atoms with E-state index in [1.807, 2.05) is 0 Å². The maximum Gasteiger partial charge on any atom is 0.0161 e. The van der Waals surface area contributed by atoms with Crippen LogP contribution in [0.15, 0.2) is 11.6 Å². The fourth-order valence-corrected chi connectivity index (χ4v) is 8.85. The molecule has 0 heterocycles. The van der Waals surface area contributed by atoms with Crippen molar-refractivity contribution < 1.29 is 0 Å². The Kier molecular flexibility index (Phi) is 3.76. The van der Waals surface area contributed by atoms with Crippen LogP contribution in [0.5, 0.6) is 0 Å². The second kappa shape index (κ2) is 5.54. The van der Waals surface area contributed by atoms with Crippen molar-refractivity contribution in [2.75, 3.05) is 0 Å². The van der Waals surface area contributed by atoms with E-state index in [1.54, 1.807) is 5.57 Å². The van der Waals surface area contributed by atoms with Gasteiger partial charge in [-0.3, -0.25) is 0 Å². The number of hydrogen-bond acceptors (Lipinski definition) is 1. The molecule has 5 fully saturated rings. The molecule has 0 amide bonds. The number of rotatable bonds is 1. The molecular formula is C23H36S. The van der Waals surface area contributed by atoms with Crippen LogP contribution in [-0.4, -0.2) is 4.75 Å². The molecule has 1 heteroatoms. The molecule has 0 aromatic carbocycles. The molecule has 0 nitrogen and oxygen atoms in total. The van der Waals surface area contributed by atoms with Crippen molar-refractivity contribution in [1.82, 2.24) is 0 Å². The smallest absolute Gasteiger partial charge is 0.0161 e. The highest BCUT2D eigenvalue weighted by molar-refractivity contribution is 7.81. The highest BCUT2D eigenvalue weighted by Crippen LogP contribution is 2.65. The first-order valence-electron chi connectivity index (χ1n) is 10.9. The Bertz CT molecular complexity index is 546. The minimum atomic E-state index is 0.433. The van der Waals surface area contributed by atoms with Crippen molar-refractivity contribution in [2.24, 2.45) is 40.9 Å². The van der Waals surface area contributed by atoms with Crippen LogP contribution >= 0.6 is 12.6 Å². The Morgan fingerprint density at radius 3 is 2.46 bits per heavy atom. The third-order valence-corrected chi connectivity index (χ3v) is 10.3. The van der Waals surface area contributed by atoms with Gasteiger partial charge in [0.2, 0.25) is 0 Å². The average molecular weight is 345 g/mol. The molecule has 7 unspecified atom stereocenters. The lowest BCUT2D eigenvalue weighted by Crippen LogP contribution is -2.49. The minimum Gasteiger partial charge on any atom is -0.172 e. The highest BCUT2D eigenvalue weighted by atomic mass is 32.1. The molecule has 0 aromatic heterocycles. The summed E-state index contributed by atoms with van der Waals surface area (Å²) >= 11 is 5.23. The standard InChI is InChI=1S/C23H36S/c1-3-16-7-9-21-20-8-4-15-14-23(24,17-5-6-17)13-11-18(15)19(20)10-12-22(16,21)2/h3,15,17-21,24H,4-14H2,1-2H3/b16-3-. The third kappa shape index (κ3) is 2.25. The predicted molar refractivity (Wildman–Crippen MR) is 105 cm³/mol. The SMILES string of the molecule is C/C=C1/CCC2C3CCC4CC(S)(C5CC5)CCC4C3CCC12C. The Labute approximate surface area is 154 Å². The molecule has 0 bridgehead atoms. The van der Waals surface area contributed by atoms with Crippen molar-refractivity contribution in [1.29, 1.82) is 0 Å². The summed E-state index contributed by atoms with van der Waals surface area (Å²) in [5.74, 6) is 6.17. The van der Waals surface area contributed by atoms with E-state index in [9.17, 15) is 0 Å². The van der Waals surface area contributed by atoms with Crippen molar-refractivity contribution >= 4 is 12.6 Å². The quantitative estimate of drug-likeness (QED) is 0.399. The van der Waals surface area contributed by atoms with Crippen LogP contribution in [-0.2, 0) is 0 Å². The van der Waals surface area contributed by atoms with Crippen LogP contribution in [0.3, 0.4) is 0 Å². The maximum atomic E-state index is 5.23. The van der Waals surface area contributed by atoms with Crippen LogP contribution in [0.4, 0.5) is 0 Å². The van der Waals surface area contributed by atoms with Gasteiger partial charge in [-0.25, -0.2) is 0 Å². The predicted octanol–water partition coefficient (Wildman–Crippen LogP) is 6.66. The van der Waals surface area contributed by atoms with Gasteiger partial charge in [0, 0.05) is 4.75 Å². The Morgan fingerprint density at radius 1 is 0.917 bits per heavy atom. The number of allylic oxidation sites excluding steroid dienone is 2. The third-order valence-electron chi connectivity index (χ3n) is 9.58. The van der Waals surface area contributed by atoms with Gasteiger partial charge in [0.25, 0.3) is 0 Å². The zero-order valence-electron chi connectivity index (χ0n) is 15.8. The molecule has 5 aliphatic rings. The lowest BCUT2D eigenvalue weighted by molar-refractivity contribution is -0.0463. The number of fused-ring (bicyclic) bond motifs is 5. The zero-order chi connectivity index (χ0) is 16.5. The zero-order valence-corrected chi connectivity index (χ0v) is 16.7. The lowest BCUT2D eigenvalue weighted by Gasteiger charge is -2.57. The molecule has 0 saturated heterocycles. The fourth-order valence-electron chi connectivity index (χ4n) is 8.22. The molecule has 0 radical (unpaired) electrons. The molecule has 0 spiro atoms. The maximum absolute atomic E-state index is 5.23. The van der Waals surface area contributed by atoms with Gasteiger partial charge >= 0.3 is 0 Å². The van der Waals surface area contributed by atoms with E-state index >= 15 is 0 Å². The van der Waals surface area contributed by atoms with E-state index in [-0.39, 0.29) is 0 Å². The first-order chi connectivity index (χ1) is 11.5. The van der Waals surface area contributed by atoms with Crippen molar-refractivity contribution in [3.05, 3.63) is 11.6 Å². The van der Waals surface area contributed by atoms with Crippen LogP contribution in [0.2, 0.25) is 0 Å². The summed E-state index contributed by atoms with van der Waals surface area (Å²) in [4.78, 5) is 0. The lowest BCUT2D eigenvalue weighted by atomic mass is 9.49. The molecule has 5 rings (SSSR count). The van der Waals surface area contributed by atoms with Gasteiger partial charge in [-0.05, 0) is 118 Å². The fraction of sp³-hybridized carbons (Fsp3) is 0.913. The van der Waals surface area contributed by atoms with Crippen LogP contribution in [0, 0.1) is 40.9 Å². The summed E-state index contributed by atoms with van der Waals surface area (Å²) in [5, 5.41) is 0. The van der Waals surface area contributed by atoms with E-state index in [2.05, 4.69) is 19.9 Å². The summed E-state index contributed by atoms with van der Waals surface area (Å²) in [5.41, 5.74) is 2.37. The van der Waals surface area contributed by atoms with E-state index in [4.69, 9.17) is 12.6 Å². The second-order valence-electron chi connectivity index (χ2n) is 10.4. The molecular weight excluding hydrogens is 308 g/mol. The van der Waals surface area contributed by atoms with Crippen molar-refractivity contribution in [2.45, 2.75) is 89.2 Å². The average Bonchev–Trinajstić information content (AvgIpc) is 3.37. The Morgan fingerprint density at radius 2 is 1.71 bits per heavy atom. The van der Waals surface area contributed by atoms with Crippen LogP contribution < -0.4 is 0 Å². The van der Waals surface area contributed by atoms with Gasteiger partial charge in [0.05, 0.1) is 0 Å². The van der Waals surface area contributed by atoms with Crippen LogP contribution in [0.25, 0.3) is 0 Å². The minimum absolute atomic E-state index is 0.433. The second-order valence-corrected chi connectivity index (χ2v) is 11.3. The molecule has 24 heavy (non-hydrogen) atoms. The van der Waals surface area contributed by atoms with E-state index in [0.29, 0.717) is 10.2 Å². The van der Waals surface area contributed by atoms with Gasteiger partial charge in [-0.1, -0.05) is 18.6 Å². The molecule has 0 N–H and O–H groups in total.